The van der Waals surface area contributed by atoms with Crippen LogP contribution < -0.4 is 0 Å². The summed E-state index contributed by atoms with van der Waals surface area (Å²) < 4.78 is 23.1. The first kappa shape index (κ1) is 18.4. The van der Waals surface area contributed by atoms with Crippen molar-refractivity contribution in [3.8, 4) is 0 Å². The Morgan fingerprint density at radius 1 is 1.38 bits per heavy atom. The summed E-state index contributed by atoms with van der Waals surface area (Å²) in [6, 6.07) is 3.42. The molecule has 0 bridgehead atoms. The van der Waals surface area contributed by atoms with Crippen LogP contribution in [0.1, 0.15) is 25.3 Å². The second kappa shape index (κ2) is 7.74. The van der Waals surface area contributed by atoms with E-state index in [9.17, 15) is 18.0 Å². The highest BCUT2D eigenvalue weighted by Crippen LogP contribution is 2.17. The van der Waals surface area contributed by atoms with Gasteiger partial charge in [0.15, 0.2) is 9.84 Å². The molecule has 2 amide bonds. The second-order valence-electron chi connectivity index (χ2n) is 6.11. The van der Waals surface area contributed by atoms with Gasteiger partial charge in [-0.25, -0.2) is 8.42 Å². The summed E-state index contributed by atoms with van der Waals surface area (Å²) in [5, 5.41) is 0. The van der Waals surface area contributed by atoms with Gasteiger partial charge in [-0.2, -0.15) is 0 Å². The molecule has 1 unspecified atom stereocenters. The number of carbonyl (C=O) groups is 2. The molecule has 2 heterocycles. The Kier molecular flexibility index (Phi) is 5.93. The maximum Gasteiger partial charge on any atom is 0.224 e. The van der Waals surface area contributed by atoms with Crippen molar-refractivity contribution in [2.24, 2.45) is 0 Å². The Balaban J connectivity index is 1.89. The zero-order chi connectivity index (χ0) is 17.7. The van der Waals surface area contributed by atoms with E-state index < -0.39 is 9.84 Å². The van der Waals surface area contributed by atoms with E-state index in [1.165, 1.54) is 11.8 Å². The number of hydrogen-bond acceptors (Lipinski definition) is 5. The predicted octanol–water partition coefficient (Wildman–Crippen LogP) is 0.466. The normalized spacial score (nSPS) is 19.0. The van der Waals surface area contributed by atoms with E-state index in [0.29, 0.717) is 19.5 Å². The van der Waals surface area contributed by atoms with E-state index in [2.05, 4.69) is 4.98 Å². The molecule has 24 heavy (non-hydrogen) atoms. The largest absolute Gasteiger partial charge is 0.342 e. The number of sulfone groups is 1. The zero-order valence-electron chi connectivity index (χ0n) is 14.0. The third-order valence-corrected chi connectivity index (χ3v) is 6.04. The fourth-order valence-electron chi connectivity index (χ4n) is 2.75. The van der Waals surface area contributed by atoms with Crippen molar-refractivity contribution >= 4 is 21.7 Å². The summed E-state index contributed by atoms with van der Waals surface area (Å²) in [5.74, 6) is -0.0932. The van der Waals surface area contributed by atoms with Crippen molar-refractivity contribution in [3.63, 3.8) is 0 Å². The molecule has 2 rings (SSSR count). The van der Waals surface area contributed by atoms with E-state index >= 15 is 0 Å². The maximum atomic E-state index is 12.3. The summed E-state index contributed by atoms with van der Waals surface area (Å²) in [6.45, 7) is 2.17. The first-order valence-electron chi connectivity index (χ1n) is 7.89. The molecule has 0 aromatic carbocycles. The third-order valence-electron chi connectivity index (χ3n) is 4.29. The lowest BCUT2D eigenvalue weighted by atomic mass is 10.2. The summed E-state index contributed by atoms with van der Waals surface area (Å²) in [7, 11) is -1.39. The number of nitrogens with zero attached hydrogens (tertiary/aromatic N) is 3. The van der Waals surface area contributed by atoms with Crippen LogP contribution in [0, 0.1) is 0 Å². The van der Waals surface area contributed by atoms with Gasteiger partial charge >= 0.3 is 0 Å². The van der Waals surface area contributed by atoms with E-state index in [1.807, 2.05) is 6.07 Å². The van der Waals surface area contributed by atoms with Gasteiger partial charge in [0.2, 0.25) is 11.8 Å². The molecule has 0 saturated carbocycles. The van der Waals surface area contributed by atoms with E-state index in [4.69, 9.17) is 0 Å². The molecule has 0 aliphatic carbocycles. The minimum absolute atomic E-state index is 0.0291. The molecule has 1 atom stereocenters. The summed E-state index contributed by atoms with van der Waals surface area (Å²) in [4.78, 5) is 31.2. The average molecular weight is 353 g/mol. The maximum absolute atomic E-state index is 12.3. The van der Waals surface area contributed by atoms with E-state index in [0.717, 1.165) is 5.56 Å². The van der Waals surface area contributed by atoms with Gasteiger partial charge < -0.3 is 9.80 Å². The molecule has 7 nitrogen and oxygen atoms in total. The lowest BCUT2D eigenvalue weighted by molar-refractivity contribution is -0.134. The van der Waals surface area contributed by atoms with Gasteiger partial charge in [0.25, 0.3) is 0 Å². The van der Waals surface area contributed by atoms with Crippen molar-refractivity contribution < 1.29 is 18.0 Å². The highest BCUT2D eigenvalue weighted by atomic mass is 32.2. The summed E-state index contributed by atoms with van der Waals surface area (Å²) in [5.41, 5.74) is 0.899. The van der Waals surface area contributed by atoms with Crippen molar-refractivity contribution in [3.05, 3.63) is 30.1 Å². The molecule has 1 aromatic heterocycles. The molecule has 1 aliphatic heterocycles. The lowest BCUT2D eigenvalue weighted by Gasteiger charge is -2.26. The lowest BCUT2D eigenvalue weighted by Crippen LogP contribution is -2.40. The monoisotopic (exact) mass is 353 g/mol. The fraction of sp³-hybridized carbons (Fsp3) is 0.562. The minimum atomic E-state index is -3.02. The molecule has 1 fully saturated rings. The quantitative estimate of drug-likeness (QED) is 0.742. The van der Waals surface area contributed by atoms with Crippen molar-refractivity contribution in [1.82, 2.24) is 14.8 Å². The van der Waals surface area contributed by atoms with Crippen molar-refractivity contribution in [1.29, 1.82) is 0 Å². The van der Waals surface area contributed by atoms with Crippen LogP contribution in [-0.2, 0) is 26.0 Å². The third kappa shape index (κ3) is 5.02. The van der Waals surface area contributed by atoms with Crippen LogP contribution in [0.25, 0.3) is 0 Å². The highest BCUT2D eigenvalue weighted by Gasteiger charge is 2.32. The van der Waals surface area contributed by atoms with Gasteiger partial charge in [0, 0.05) is 51.9 Å². The molecule has 1 aromatic rings. The minimum Gasteiger partial charge on any atom is -0.342 e. The first-order valence-corrected chi connectivity index (χ1v) is 9.71. The van der Waals surface area contributed by atoms with Crippen LogP contribution >= 0.6 is 0 Å². The molecule has 132 valence electrons. The van der Waals surface area contributed by atoms with Crippen molar-refractivity contribution in [2.75, 3.05) is 25.1 Å². The molecule has 1 saturated heterocycles. The first-order chi connectivity index (χ1) is 11.3. The molecule has 0 spiro atoms. The van der Waals surface area contributed by atoms with E-state index in [-0.39, 0.29) is 35.8 Å². The van der Waals surface area contributed by atoms with Crippen LogP contribution in [0.2, 0.25) is 0 Å². The molecule has 0 radical (unpaired) electrons. The van der Waals surface area contributed by atoms with Crippen LogP contribution in [0.15, 0.2) is 24.5 Å². The zero-order valence-corrected chi connectivity index (χ0v) is 14.8. The summed E-state index contributed by atoms with van der Waals surface area (Å²) >= 11 is 0. The van der Waals surface area contributed by atoms with Gasteiger partial charge in [0.05, 0.1) is 11.5 Å². The van der Waals surface area contributed by atoms with Gasteiger partial charge in [-0.05, 0) is 18.1 Å². The number of pyridine rings is 1. The number of amides is 2. The van der Waals surface area contributed by atoms with Crippen molar-refractivity contribution in [2.45, 2.75) is 32.4 Å². The van der Waals surface area contributed by atoms with Crippen LogP contribution in [0.3, 0.4) is 0 Å². The number of rotatable bonds is 6. The standard InChI is InChI=1S/C16H23N3O4S/c1-13(20)19(11-14-4-3-7-17-10-14)8-5-16(21)18(2)15-6-9-24(22,23)12-15/h3-4,7,10,15H,5-6,8-9,11-12H2,1-2H3. The molecule has 0 N–H and O–H groups in total. The SMILES string of the molecule is CC(=O)N(CCC(=O)N(C)C1CCS(=O)(=O)C1)Cc1cccnc1. The Hall–Kier alpha value is -1.96. The Bertz CT molecular complexity index is 691. The number of aromatic nitrogens is 1. The van der Waals surface area contributed by atoms with Gasteiger partial charge in [-0.3, -0.25) is 14.6 Å². The Morgan fingerprint density at radius 2 is 2.12 bits per heavy atom. The topological polar surface area (TPSA) is 87.7 Å². The Labute approximate surface area is 142 Å². The van der Waals surface area contributed by atoms with E-state index in [1.54, 1.807) is 30.4 Å². The molecule has 8 heteroatoms. The van der Waals surface area contributed by atoms with Crippen LogP contribution in [-0.4, -0.2) is 66.2 Å². The highest BCUT2D eigenvalue weighted by molar-refractivity contribution is 7.91. The number of carbonyl (C=O) groups excluding carboxylic acids is 2. The van der Waals surface area contributed by atoms with Gasteiger partial charge in [-0.1, -0.05) is 6.07 Å². The molecular formula is C16H23N3O4S. The molecule has 1 aliphatic rings. The Morgan fingerprint density at radius 3 is 2.67 bits per heavy atom. The fourth-order valence-corrected chi connectivity index (χ4v) is 4.53. The molecular weight excluding hydrogens is 330 g/mol. The number of hydrogen-bond donors (Lipinski definition) is 0. The van der Waals surface area contributed by atoms with Gasteiger partial charge in [-0.15, -0.1) is 0 Å². The van der Waals surface area contributed by atoms with Gasteiger partial charge in [0.1, 0.15) is 0 Å². The average Bonchev–Trinajstić information content (AvgIpc) is 2.91. The predicted molar refractivity (Wildman–Crippen MR) is 89.8 cm³/mol. The smallest absolute Gasteiger partial charge is 0.224 e. The second-order valence-corrected chi connectivity index (χ2v) is 8.34. The van der Waals surface area contributed by atoms with Crippen LogP contribution in [0.4, 0.5) is 0 Å². The summed E-state index contributed by atoms with van der Waals surface area (Å²) in [6.07, 6.45) is 4.01. The van der Waals surface area contributed by atoms with Crippen LogP contribution in [0.5, 0.6) is 0 Å².